The Morgan fingerprint density at radius 1 is 1.18 bits per heavy atom. The third kappa shape index (κ3) is 2.03. The Labute approximate surface area is 99.7 Å². The molecule has 0 atom stereocenters. The van der Waals surface area contributed by atoms with Crippen molar-refractivity contribution in [2.75, 3.05) is 0 Å². The number of nitrogens with one attached hydrogen (secondary N) is 1. The molecule has 0 aliphatic heterocycles. The number of hydrogen-bond donors (Lipinski definition) is 1. The number of nitrogens with zero attached hydrogens (tertiary/aromatic N) is 1. The normalized spacial score (nSPS) is 16.2. The van der Waals surface area contributed by atoms with Crippen LogP contribution in [0.25, 0.3) is 10.9 Å². The molecule has 0 amide bonds. The fraction of sp³-hybridized carbons (Fsp3) is 0.250. The van der Waals surface area contributed by atoms with E-state index < -0.39 is 10.0 Å². The molecule has 5 heteroatoms. The number of sulfonamides is 1. The molecule has 1 aromatic heterocycles. The molecule has 2 aromatic rings. The summed E-state index contributed by atoms with van der Waals surface area (Å²) in [6.45, 7) is 0. The molecule has 1 heterocycles. The van der Waals surface area contributed by atoms with Gasteiger partial charge in [-0.25, -0.2) is 13.1 Å². The molecule has 0 unspecified atom stereocenters. The highest BCUT2D eigenvalue weighted by Gasteiger charge is 2.29. The minimum Gasteiger partial charge on any atom is -0.255 e. The summed E-state index contributed by atoms with van der Waals surface area (Å²) in [5, 5.41) is 0.839. The van der Waals surface area contributed by atoms with Crippen molar-refractivity contribution in [3.8, 4) is 0 Å². The van der Waals surface area contributed by atoms with Gasteiger partial charge in [-0.15, -0.1) is 0 Å². The van der Waals surface area contributed by atoms with Gasteiger partial charge < -0.3 is 0 Å². The molecule has 0 bridgehead atoms. The van der Waals surface area contributed by atoms with Crippen molar-refractivity contribution in [1.82, 2.24) is 9.71 Å². The lowest BCUT2D eigenvalue weighted by Crippen LogP contribution is -2.26. The van der Waals surface area contributed by atoms with Gasteiger partial charge in [0.1, 0.15) is 4.90 Å². The second-order valence-corrected chi connectivity index (χ2v) is 5.91. The molecule has 1 N–H and O–H groups in total. The Morgan fingerprint density at radius 3 is 2.71 bits per heavy atom. The van der Waals surface area contributed by atoms with Gasteiger partial charge in [-0.1, -0.05) is 18.2 Å². The third-order valence-electron chi connectivity index (χ3n) is 2.78. The highest BCUT2D eigenvalue weighted by atomic mass is 32.2. The van der Waals surface area contributed by atoms with Gasteiger partial charge in [0.2, 0.25) is 10.0 Å². The molecule has 0 radical (unpaired) electrons. The van der Waals surface area contributed by atoms with E-state index in [4.69, 9.17) is 0 Å². The molecule has 1 aliphatic rings. The van der Waals surface area contributed by atoms with Gasteiger partial charge in [-0.3, -0.25) is 4.98 Å². The van der Waals surface area contributed by atoms with Crippen LogP contribution in [0.2, 0.25) is 0 Å². The highest BCUT2D eigenvalue weighted by Crippen LogP contribution is 2.25. The molecular formula is C12H12N2O2S. The Hall–Kier alpha value is -1.46. The zero-order chi connectivity index (χ0) is 11.9. The summed E-state index contributed by atoms with van der Waals surface area (Å²) in [5.41, 5.74) is 0.531. The largest absolute Gasteiger partial charge is 0.255 e. The van der Waals surface area contributed by atoms with Crippen LogP contribution >= 0.6 is 0 Å². The highest BCUT2D eigenvalue weighted by molar-refractivity contribution is 7.89. The van der Waals surface area contributed by atoms with E-state index in [9.17, 15) is 8.42 Å². The standard InChI is InChI=1S/C12H12N2O2S/c15-17(16,14-10-6-7-10)11-5-1-3-9-4-2-8-13-12(9)11/h1-5,8,10,14H,6-7H2. The lowest BCUT2D eigenvalue weighted by molar-refractivity contribution is 0.582. The summed E-state index contributed by atoms with van der Waals surface area (Å²) >= 11 is 0. The van der Waals surface area contributed by atoms with Crippen LogP contribution in [-0.2, 0) is 10.0 Å². The maximum Gasteiger partial charge on any atom is 0.242 e. The number of para-hydroxylation sites is 1. The van der Waals surface area contributed by atoms with Gasteiger partial charge in [-0.05, 0) is 25.0 Å². The Kier molecular flexibility index (Phi) is 2.38. The molecule has 17 heavy (non-hydrogen) atoms. The molecule has 1 fully saturated rings. The lowest BCUT2D eigenvalue weighted by atomic mass is 10.2. The van der Waals surface area contributed by atoms with Crippen LogP contribution in [0, 0.1) is 0 Å². The van der Waals surface area contributed by atoms with Gasteiger partial charge in [0.05, 0.1) is 5.52 Å². The zero-order valence-electron chi connectivity index (χ0n) is 9.13. The van der Waals surface area contributed by atoms with E-state index in [0.717, 1.165) is 18.2 Å². The number of fused-ring (bicyclic) bond motifs is 1. The van der Waals surface area contributed by atoms with Crippen LogP contribution in [0.1, 0.15) is 12.8 Å². The van der Waals surface area contributed by atoms with Gasteiger partial charge in [0.15, 0.2) is 0 Å². The van der Waals surface area contributed by atoms with E-state index in [-0.39, 0.29) is 10.9 Å². The van der Waals surface area contributed by atoms with Crippen LogP contribution in [0.15, 0.2) is 41.4 Å². The van der Waals surface area contributed by atoms with Crippen molar-refractivity contribution < 1.29 is 8.42 Å². The van der Waals surface area contributed by atoms with E-state index in [1.54, 1.807) is 24.4 Å². The van der Waals surface area contributed by atoms with Crippen LogP contribution in [0.4, 0.5) is 0 Å². The summed E-state index contributed by atoms with van der Waals surface area (Å²) in [6.07, 6.45) is 3.47. The maximum absolute atomic E-state index is 12.1. The smallest absolute Gasteiger partial charge is 0.242 e. The first-order valence-corrected chi connectivity index (χ1v) is 7.01. The van der Waals surface area contributed by atoms with Gasteiger partial charge in [0.25, 0.3) is 0 Å². The molecule has 3 rings (SSSR count). The Morgan fingerprint density at radius 2 is 1.94 bits per heavy atom. The SMILES string of the molecule is O=S(=O)(NC1CC1)c1cccc2cccnc12. The average Bonchev–Trinajstić information content (AvgIpc) is 3.11. The predicted octanol–water partition coefficient (Wildman–Crippen LogP) is 1.68. The second-order valence-electron chi connectivity index (χ2n) is 4.23. The number of pyridine rings is 1. The quantitative estimate of drug-likeness (QED) is 0.899. The lowest BCUT2D eigenvalue weighted by Gasteiger charge is -2.07. The van der Waals surface area contributed by atoms with Crippen molar-refractivity contribution in [3.63, 3.8) is 0 Å². The van der Waals surface area contributed by atoms with Crippen LogP contribution in [0.5, 0.6) is 0 Å². The second kappa shape index (κ2) is 3.78. The number of rotatable bonds is 3. The molecule has 0 spiro atoms. The first kappa shape index (κ1) is 10.7. The average molecular weight is 248 g/mol. The predicted molar refractivity (Wildman–Crippen MR) is 65.1 cm³/mol. The summed E-state index contributed by atoms with van der Waals surface area (Å²) < 4.78 is 27.0. The number of aromatic nitrogens is 1. The Bertz CT molecular complexity index is 658. The van der Waals surface area contributed by atoms with E-state index in [0.29, 0.717) is 5.52 Å². The first-order chi connectivity index (χ1) is 8.17. The Balaban J connectivity index is 2.16. The van der Waals surface area contributed by atoms with Crippen molar-refractivity contribution in [2.45, 2.75) is 23.8 Å². The minimum atomic E-state index is -3.44. The fourth-order valence-corrected chi connectivity index (χ4v) is 3.26. The van der Waals surface area contributed by atoms with Crippen LogP contribution < -0.4 is 4.72 Å². The van der Waals surface area contributed by atoms with Crippen molar-refractivity contribution >= 4 is 20.9 Å². The van der Waals surface area contributed by atoms with Crippen molar-refractivity contribution in [3.05, 3.63) is 36.5 Å². The molecular weight excluding hydrogens is 236 g/mol. The van der Waals surface area contributed by atoms with Gasteiger partial charge in [-0.2, -0.15) is 0 Å². The maximum atomic E-state index is 12.1. The topological polar surface area (TPSA) is 59.1 Å². The van der Waals surface area contributed by atoms with Crippen LogP contribution in [-0.4, -0.2) is 19.4 Å². The summed E-state index contributed by atoms with van der Waals surface area (Å²) in [4.78, 5) is 4.42. The summed E-state index contributed by atoms with van der Waals surface area (Å²) in [6, 6.07) is 8.97. The summed E-state index contributed by atoms with van der Waals surface area (Å²) in [5.74, 6) is 0. The number of hydrogen-bond acceptors (Lipinski definition) is 3. The van der Waals surface area contributed by atoms with Crippen molar-refractivity contribution in [1.29, 1.82) is 0 Å². The van der Waals surface area contributed by atoms with Gasteiger partial charge in [0, 0.05) is 17.6 Å². The molecule has 1 aromatic carbocycles. The van der Waals surface area contributed by atoms with E-state index in [1.807, 2.05) is 12.1 Å². The third-order valence-corrected chi connectivity index (χ3v) is 4.34. The first-order valence-electron chi connectivity index (χ1n) is 5.53. The minimum absolute atomic E-state index is 0.110. The fourth-order valence-electron chi connectivity index (χ4n) is 1.78. The van der Waals surface area contributed by atoms with Crippen LogP contribution in [0.3, 0.4) is 0 Å². The molecule has 1 aliphatic carbocycles. The van der Waals surface area contributed by atoms with Crippen molar-refractivity contribution in [2.24, 2.45) is 0 Å². The van der Waals surface area contributed by atoms with E-state index in [2.05, 4.69) is 9.71 Å². The molecule has 0 saturated heterocycles. The van der Waals surface area contributed by atoms with E-state index >= 15 is 0 Å². The zero-order valence-corrected chi connectivity index (χ0v) is 9.94. The molecule has 1 saturated carbocycles. The monoisotopic (exact) mass is 248 g/mol. The van der Waals surface area contributed by atoms with E-state index in [1.165, 1.54) is 0 Å². The molecule has 88 valence electrons. The summed E-state index contributed by atoms with van der Waals surface area (Å²) in [7, 11) is -3.44. The number of benzene rings is 1. The van der Waals surface area contributed by atoms with Gasteiger partial charge >= 0.3 is 0 Å². The molecule has 4 nitrogen and oxygen atoms in total.